The number of amides is 1. The van der Waals surface area contributed by atoms with Gasteiger partial charge in [-0.05, 0) is 18.2 Å². The van der Waals surface area contributed by atoms with Crippen LogP contribution in [0.5, 0.6) is 0 Å². The average molecular weight is 355 g/mol. The Hall–Kier alpha value is -3.82. The van der Waals surface area contributed by atoms with Crippen molar-refractivity contribution in [2.75, 3.05) is 6.54 Å². The number of hydrogen-bond acceptors (Lipinski definition) is 6. The van der Waals surface area contributed by atoms with Crippen LogP contribution in [0.4, 0.5) is 11.4 Å². The van der Waals surface area contributed by atoms with Gasteiger partial charge in [-0.15, -0.1) is 0 Å². The third kappa shape index (κ3) is 3.64. The smallest absolute Gasteiger partial charge is 0.271 e. The van der Waals surface area contributed by atoms with Crippen molar-refractivity contribution in [3.05, 3.63) is 74.1 Å². The van der Waals surface area contributed by atoms with Crippen molar-refractivity contribution in [1.82, 2.24) is 15.3 Å². The quantitative estimate of drug-likeness (QED) is 0.513. The van der Waals surface area contributed by atoms with Crippen LogP contribution in [0.25, 0.3) is 11.0 Å². The molecular weight excluding hydrogens is 342 g/mol. The minimum Gasteiger partial charge on any atom is -0.352 e. The van der Waals surface area contributed by atoms with Crippen molar-refractivity contribution >= 4 is 28.3 Å². The number of hydrogen-bond donors (Lipinski definition) is 2. The van der Waals surface area contributed by atoms with Gasteiger partial charge >= 0.3 is 0 Å². The zero-order valence-corrected chi connectivity index (χ0v) is 13.3. The molecular formula is C16H13N5O5. The second kappa shape index (κ2) is 6.97. The monoisotopic (exact) mass is 355 g/mol. The first-order chi connectivity index (χ1) is 12.4. The number of nitrogens with zero attached hydrogens (tertiary/aromatic N) is 3. The molecule has 0 radical (unpaired) electrons. The van der Waals surface area contributed by atoms with E-state index in [1.54, 1.807) is 6.07 Å². The molecule has 0 aliphatic carbocycles. The Balaban J connectivity index is 1.60. The van der Waals surface area contributed by atoms with E-state index in [1.807, 2.05) is 0 Å². The molecule has 132 valence electrons. The maximum atomic E-state index is 12.0. The SMILES string of the molecule is O=C(NCCc1nc2ccc([N+](=O)[O-])cc2[nH]1)c1ccc([N+](=O)[O-])cc1. The van der Waals surface area contributed by atoms with Gasteiger partial charge in [-0.25, -0.2) is 4.98 Å². The summed E-state index contributed by atoms with van der Waals surface area (Å²) >= 11 is 0. The molecule has 0 unspecified atom stereocenters. The van der Waals surface area contributed by atoms with Gasteiger partial charge in [0.2, 0.25) is 0 Å². The molecule has 0 aliphatic heterocycles. The van der Waals surface area contributed by atoms with Crippen LogP contribution in [0.2, 0.25) is 0 Å². The van der Waals surface area contributed by atoms with Crippen LogP contribution in [0.1, 0.15) is 16.2 Å². The number of aromatic nitrogens is 2. The number of nitro benzene ring substituents is 2. The summed E-state index contributed by atoms with van der Waals surface area (Å²) in [6.45, 7) is 0.289. The lowest BCUT2D eigenvalue weighted by molar-refractivity contribution is -0.385. The summed E-state index contributed by atoms with van der Waals surface area (Å²) in [5, 5.41) is 24.1. The summed E-state index contributed by atoms with van der Waals surface area (Å²) in [6, 6.07) is 9.64. The fraction of sp³-hybridized carbons (Fsp3) is 0.125. The van der Waals surface area contributed by atoms with E-state index in [1.165, 1.54) is 36.4 Å². The molecule has 2 N–H and O–H groups in total. The molecule has 3 rings (SSSR count). The van der Waals surface area contributed by atoms with E-state index >= 15 is 0 Å². The molecule has 1 amide bonds. The Kier molecular flexibility index (Phi) is 4.56. The molecule has 1 aromatic heterocycles. The fourth-order valence-corrected chi connectivity index (χ4v) is 2.41. The first-order valence-corrected chi connectivity index (χ1v) is 7.60. The topological polar surface area (TPSA) is 144 Å². The van der Waals surface area contributed by atoms with Gasteiger partial charge in [-0.3, -0.25) is 25.0 Å². The summed E-state index contributed by atoms with van der Waals surface area (Å²) in [7, 11) is 0. The van der Waals surface area contributed by atoms with E-state index < -0.39 is 9.85 Å². The Morgan fingerprint density at radius 2 is 1.69 bits per heavy atom. The molecule has 0 atom stereocenters. The normalized spacial score (nSPS) is 10.6. The number of carbonyl (C=O) groups is 1. The van der Waals surface area contributed by atoms with Gasteiger partial charge in [0.1, 0.15) is 5.82 Å². The minimum atomic E-state index is -0.534. The second-order valence-electron chi connectivity index (χ2n) is 5.45. The van der Waals surface area contributed by atoms with Gasteiger partial charge in [0.05, 0.1) is 20.9 Å². The number of aromatic amines is 1. The average Bonchev–Trinajstić information content (AvgIpc) is 3.03. The van der Waals surface area contributed by atoms with E-state index in [0.29, 0.717) is 28.8 Å². The van der Waals surface area contributed by atoms with E-state index in [-0.39, 0.29) is 23.8 Å². The number of fused-ring (bicyclic) bond motifs is 1. The standard InChI is InChI=1S/C16H13N5O5/c22-16(10-1-3-11(4-2-10)20(23)24)17-8-7-15-18-13-6-5-12(21(25)26)9-14(13)19-15/h1-6,9H,7-8H2,(H,17,22)(H,18,19). The number of non-ortho nitro benzene ring substituents is 2. The third-order valence-corrected chi connectivity index (χ3v) is 3.71. The van der Waals surface area contributed by atoms with Gasteiger partial charge in [0.15, 0.2) is 0 Å². The summed E-state index contributed by atoms with van der Waals surface area (Å²) in [5.41, 5.74) is 1.36. The van der Waals surface area contributed by atoms with Crippen LogP contribution in [0, 0.1) is 20.2 Å². The van der Waals surface area contributed by atoms with Crippen molar-refractivity contribution in [2.24, 2.45) is 0 Å². The number of rotatable bonds is 6. The Labute approximate surface area is 146 Å². The van der Waals surface area contributed by atoms with Gasteiger partial charge in [0, 0.05) is 42.8 Å². The van der Waals surface area contributed by atoms with Crippen LogP contribution >= 0.6 is 0 Å². The molecule has 0 bridgehead atoms. The molecule has 10 heteroatoms. The first-order valence-electron chi connectivity index (χ1n) is 7.60. The van der Waals surface area contributed by atoms with E-state index in [9.17, 15) is 25.0 Å². The van der Waals surface area contributed by atoms with Crippen LogP contribution in [-0.4, -0.2) is 32.3 Å². The van der Waals surface area contributed by atoms with Crippen molar-refractivity contribution in [1.29, 1.82) is 0 Å². The van der Waals surface area contributed by atoms with Crippen molar-refractivity contribution in [3.63, 3.8) is 0 Å². The number of benzene rings is 2. The van der Waals surface area contributed by atoms with E-state index in [0.717, 1.165) is 0 Å². The molecule has 0 spiro atoms. The van der Waals surface area contributed by atoms with Crippen molar-refractivity contribution < 1.29 is 14.6 Å². The molecule has 26 heavy (non-hydrogen) atoms. The summed E-state index contributed by atoms with van der Waals surface area (Å²) < 4.78 is 0. The van der Waals surface area contributed by atoms with Crippen LogP contribution in [-0.2, 0) is 6.42 Å². The number of nitro groups is 2. The lowest BCUT2D eigenvalue weighted by atomic mass is 10.2. The number of imidazole rings is 1. The maximum absolute atomic E-state index is 12.0. The molecule has 10 nitrogen and oxygen atoms in total. The van der Waals surface area contributed by atoms with Gasteiger partial charge in [0.25, 0.3) is 17.3 Å². The molecule has 3 aromatic rings. The largest absolute Gasteiger partial charge is 0.352 e. The van der Waals surface area contributed by atoms with Crippen molar-refractivity contribution in [2.45, 2.75) is 6.42 Å². The Morgan fingerprint density at radius 1 is 1.04 bits per heavy atom. The highest BCUT2D eigenvalue weighted by Gasteiger charge is 2.11. The van der Waals surface area contributed by atoms with Crippen LogP contribution < -0.4 is 5.32 Å². The fourth-order valence-electron chi connectivity index (χ4n) is 2.41. The maximum Gasteiger partial charge on any atom is 0.271 e. The molecule has 2 aromatic carbocycles. The highest BCUT2D eigenvalue weighted by molar-refractivity contribution is 5.94. The molecule has 0 aliphatic rings. The summed E-state index contributed by atoms with van der Waals surface area (Å²) in [6.07, 6.45) is 0.404. The van der Waals surface area contributed by atoms with Gasteiger partial charge < -0.3 is 10.3 Å². The first kappa shape index (κ1) is 17.0. The third-order valence-electron chi connectivity index (χ3n) is 3.71. The second-order valence-corrected chi connectivity index (χ2v) is 5.45. The molecule has 0 fully saturated rings. The number of nitrogens with one attached hydrogen (secondary N) is 2. The zero-order chi connectivity index (χ0) is 18.7. The lowest BCUT2D eigenvalue weighted by Gasteiger charge is -2.03. The van der Waals surface area contributed by atoms with E-state index in [4.69, 9.17) is 0 Å². The zero-order valence-electron chi connectivity index (χ0n) is 13.3. The minimum absolute atomic E-state index is 0.0285. The van der Waals surface area contributed by atoms with Gasteiger partial charge in [-0.2, -0.15) is 0 Å². The Bertz CT molecular complexity index is 996. The predicted octanol–water partition coefficient (Wildman–Crippen LogP) is 2.35. The van der Waals surface area contributed by atoms with Gasteiger partial charge in [-0.1, -0.05) is 0 Å². The molecule has 0 saturated heterocycles. The van der Waals surface area contributed by atoms with E-state index in [2.05, 4.69) is 15.3 Å². The highest BCUT2D eigenvalue weighted by atomic mass is 16.6. The van der Waals surface area contributed by atoms with Crippen molar-refractivity contribution in [3.8, 4) is 0 Å². The molecule has 1 heterocycles. The highest BCUT2D eigenvalue weighted by Crippen LogP contribution is 2.19. The Morgan fingerprint density at radius 3 is 2.35 bits per heavy atom. The predicted molar refractivity (Wildman–Crippen MR) is 91.9 cm³/mol. The van der Waals surface area contributed by atoms with Crippen LogP contribution in [0.3, 0.4) is 0 Å². The summed E-state index contributed by atoms with van der Waals surface area (Å²) in [5.74, 6) is 0.233. The lowest BCUT2D eigenvalue weighted by Crippen LogP contribution is -2.25. The number of carbonyl (C=O) groups excluding carboxylic acids is 1. The summed E-state index contributed by atoms with van der Waals surface area (Å²) in [4.78, 5) is 39.7. The van der Waals surface area contributed by atoms with Crippen LogP contribution in [0.15, 0.2) is 42.5 Å². The molecule has 0 saturated carbocycles. The number of H-pyrrole nitrogens is 1.